The zero-order valence-electron chi connectivity index (χ0n) is 13.0. The first-order valence-corrected chi connectivity index (χ1v) is 8.04. The minimum absolute atomic E-state index is 0.0763. The van der Waals surface area contributed by atoms with E-state index in [-0.39, 0.29) is 11.5 Å². The molecule has 1 amide bonds. The molecule has 0 aromatic carbocycles. The summed E-state index contributed by atoms with van der Waals surface area (Å²) < 4.78 is 6.05. The second-order valence-corrected chi connectivity index (χ2v) is 6.34. The Morgan fingerprint density at radius 1 is 1.48 bits per heavy atom. The van der Waals surface area contributed by atoms with Gasteiger partial charge in [0.2, 0.25) is 0 Å². The maximum absolute atomic E-state index is 12.6. The van der Waals surface area contributed by atoms with E-state index in [2.05, 4.69) is 18.8 Å². The van der Waals surface area contributed by atoms with Crippen LogP contribution in [0.4, 0.5) is 0 Å². The van der Waals surface area contributed by atoms with Crippen molar-refractivity contribution >= 4 is 5.91 Å². The topological polar surface area (TPSA) is 42.4 Å². The van der Waals surface area contributed by atoms with Crippen LogP contribution in [0.1, 0.15) is 49.2 Å². The molecule has 2 aliphatic heterocycles. The van der Waals surface area contributed by atoms with Gasteiger partial charge in [-0.2, -0.15) is 0 Å². The van der Waals surface area contributed by atoms with Crippen molar-refractivity contribution < 1.29 is 9.53 Å². The van der Waals surface area contributed by atoms with Crippen molar-refractivity contribution in [2.75, 3.05) is 19.7 Å². The molecule has 2 saturated heterocycles. The zero-order chi connectivity index (χ0) is 14.9. The average Bonchev–Trinajstić information content (AvgIpc) is 3.14. The SMILES string of the molecule is CCc1ccc(C(=O)N2CCC3(CC(CC)CO3)C2)cn1. The van der Waals surface area contributed by atoms with Crippen molar-refractivity contribution in [1.29, 1.82) is 0 Å². The highest BCUT2D eigenvalue weighted by atomic mass is 16.5. The molecule has 0 bridgehead atoms. The molecule has 3 rings (SSSR count). The number of rotatable bonds is 3. The van der Waals surface area contributed by atoms with Gasteiger partial charge < -0.3 is 9.64 Å². The molecule has 2 aliphatic rings. The van der Waals surface area contributed by atoms with Crippen molar-refractivity contribution in [1.82, 2.24) is 9.88 Å². The van der Waals surface area contributed by atoms with Gasteiger partial charge in [-0.1, -0.05) is 20.3 Å². The summed E-state index contributed by atoms with van der Waals surface area (Å²) in [4.78, 5) is 18.8. The molecule has 2 fully saturated rings. The normalized spacial score (nSPS) is 28.5. The predicted octanol–water partition coefficient (Wildman–Crippen LogP) is 2.68. The number of carbonyl (C=O) groups is 1. The Morgan fingerprint density at radius 3 is 2.95 bits per heavy atom. The number of carbonyl (C=O) groups excluding carboxylic acids is 1. The van der Waals surface area contributed by atoms with E-state index >= 15 is 0 Å². The summed E-state index contributed by atoms with van der Waals surface area (Å²) >= 11 is 0. The summed E-state index contributed by atoms with van der Waals surface area (Å²) in [7, 11) is 0. The maximum Gasteiger partial charge on any atom is 0.255 e. The number of hydrogen-bond acceptors (Lipinski definition) is 3. The van der Waals surface area contributed by atoms with Crippen LogP contribution in [-0.2, 0) is 11.2 Å². The minimum atomic E-state index is -0.0763. The van der Waals surface area contributed by atoms with Crippen LogP contribution >= 0.6 is 0 Å². The second-order valence-electron chi connectivity index (χ2n) is 6.34. The average molecular weight is 288 g/mol. The van der Waals surface area contributed by atoms with Gasteiger partial charge in [0.1, 0.15) is 0 Å². The van der Waals surface area contributed by atoms with E-state index in [1.165, 1.54) is 0 Å². The monoisotopic (exact) mass is 288 g/mol. The molecule has 0 radical (unpaired) electrons. The van der Waals surface area contributed by atoms with Crippen LogP contribution in [0.3, 0.4) is 0 Å². The van der Waals surface area contributed by atoms with Crippen LogP contribution in [-0.4, -0.2) is 41.1 Å². The van der Waals surface area contributed by atoms with Crippen molar-refractivity contribution in [3.8, 4) is 0 Å². The number of aromatic nitrogens is 1. The van der Waals surface area contributed by atoms with Gasteiger partial charge in [0.25, 0.3) is 5.91 Å². The number of nitrogens with zero attached hydrogens (tertiary/aromatic N) is 2. The number of pyridine rings is 1. The lowest BCUT2D eigenvalue weighted by atomic mass is 9.92. The fraction of sp³-hybridized carbons (Fsp3) is 0.647. The fourth-order valence-electron chi connectivity index (χ4n) is 3.45. The first-order chi connectivity index (χ1) is 10.2. The zero-order valence-corrected chi connectivity index (χ0v) is 13.0. The third-order valence-electron chi connectivity index (χ3n) is 4.90. The highest BCUT2D eigenvalue weighted by Gasteiger charge is 2.46. The molecule has 1 aromatic rings. The highest BCUT2D eigenvalue weighted by Crippen LogP contribution is 2.39. The first-order valence-electron chi connectivity index (χ1n) is 8.04. The van der Waals surface area contributed by atoms with Gasteiger partial charge in [0, 0.05) is 18.4 Å². The van der Waals surface area contributed by atoms with Crippen LogP contribution < -0.4 is 0 Å². The molecule has 21 heavy (non-hydrogen) atoms. The largest absolute Gasteiger partial charge is 0.373 e. The van der Waals surface area contributed by atoms with E-state index < -0.39 is 0 Å². The minimum Gasteiger partial charge on any atom is -0.373 e. The maximum atomic E-state index is 12.6. The molecule has 0 N–H and O–H groups in total. The molecular formula is C17H24N2O2. The van der Waals surface area contributed by atoms with E-state index in [1.54, 1.807) is 6.20 Å². The molecule has 3 heterocycles. The predicted molar refractivity (Wildman–Crippen MR) is 81.2 cm³/mol. The van der Waals surface area contributed by atoms with Crippen LogP contribution in [0.5, 0.6) is 0 Å². The number of hydrogen-bond donors (Lipinski definition) is 0. The fourth-order valence-corrected chi connectivity index (χ4v) is 3.45. The number of ether oxygens (including phenoxy) is 1. The molecule has 1 spiro atoms. The quantitative estimate of drug-likeness (QED) is 0.859. The third-order valence-corrected chi connectivity index (χ3v) is 4.90. The van der Waals surface area contributed by atoms with Gasteiger partial charge in [-0.15, -0.1) is 0 Å². The highest BCUT2D eigenvalue weighted by molar-refractivity contribution is 5.94. The van der Waals surface area contributed by atoms with Crippen molar-refractivity contribution in [2.24, 2.45) is 5.92 Å². The Morgan fingerprint density at radius 2 is 2.33 bits per heavy atom. The van der Waals surface area contributed by atoms with Crippen molar-refractivity contribution in [2.45, 2.75) is 45.1 Å². The van der Waals surface area contributed by atoms with Gasteiger partial charge in [-0.3, -0.25) is 9.78 Å². The van der Waals surface area contributed by atoms with Gasteiger partial charge in [0.05, 0.1) is 24.3 Å². The molecule has 0 aliphatic carbocycles. The van der Waals surface area contributed by atoms with E-state index in [4.69, 9.17) is 4.74 Å². The standard InChI is InChI=1S/C17H24N2O2/c1-3-13-9-17(21-11-13)7-8-19(12-17)16(20)14-5-6-15(4-2)18-10-14/h5-6,10,13H,3-4,7-9,11-12H2,1-2H3. The van der Waals surface area contributed by atoms with Crippen LogP contribution in [0, 0.1) is 5.92 Å². The number of amides is 1. The van der Waals surface area contributed by atoms with E-state index in [0.717, 1.165) is 51.1 Å². The smallest absolute Gasteiger partial charge is 0.255 e. The van der Waals surface area contributed by atoms with Gasteiger partial charge in [-0.25, -0.2) is 0 Å². The molecule has 4 nitrogen and oxygen atoms in total. The van der Waals surface area contributed by atoms with Gasteiger partial charge >= 0.3 is 0 Å². The lowest BCUT2D eigenvalue weighted by molar-refractivity contribution is 0.0116. The van der Waals surface area contributed by atoms with E-state index in [0.29, 0.717) is 11.5 Å². The molecule has 2 unspecified atom stereocenters. The lowest BCUT2D eigenvalue weighted by Crippen LogP contribution is -2.35. The molecule has 4 heteroatoms. The number of likely N-dealkylation sites (tertiary alicyclic amines) is 1. The molecule has 1 aromatic heterocycles. The van der Waals surface area contributed by atoms with Crippen LogP contribution in [0.25, 0.3) is 0 Å². The summed E-state index contributed by atoms with van der Waals surface area (Å²) in [5.74, 6) is 0.746. The van der Waals surface area contributed by atoms with Gasteiger partial charge in [-0.05, 0) is 37.3 Å². The Kier molecular flexibility index (Phi) is 3.98. The summed E-state index contributed by atoms with van der Waals surface area (Å²) in [5, 5.41) is 0. The second kappa shape index (κ2) is 5.76. The summed E-state index contributed by atoms with van der Waals surface area (Å²) in [6.45, 7) is 6.66. The Bertz CT molecular complexity index is 514. The van der Waals surface area contributed by atoms with Crippen LogP contribution in [0.15, 0.2) is 18.3 Å². The molecule has 114 valence electrons. The van der Waals surface area contributed by atoms with Crippen molar-refractivity contribution in [3.63, 3.8) is 0 Å². The van der Waals surface area contributed by atoms with E-state index in [1.807, 2.05) is 17.0 Å². The van der Waals surface area contributed by atoms with E-state index in [9.17, 15) is 4.79 Å². The van der Waals surface area contributed by atoms with Crippen molar-refractivity contribution in [3.05, 3.63) is 29.6 Å². The lowest BCUT2D eigenvalue weighted by Gasteiger charge is -2.23. The Balaban J connectivity index is 1.66. The third kappa shape index (κ3) is 2.82. The summed E-state index contributed by atoms with van der Waals surface area (Å²) in [6, 6.07) is 3.84. The molecular weight excluding hydrogens is 264 g/mol. The van der Waals surface area contributed by atoms with Gasteiger partial charge in [0.15, 0.2) is 0 Å². The first kappa shape index (κ1) is 14.5. The molecule has 2 atom stereocenters. The number of aryl methyl sites for hydroxylation is 1. The Labute approximate surface area is 126 Å². The van der Waals surface area contributed by atoms with Crippen LogP contribution in [0.2, 0.25) is 0 Å². The summed E-state index contributed by atoms with van der Waals surface area (Å²) in [6.07, 6.45) is 5.83. The Hall–Kier alpha value is -1.42. The molecule has 0 saturated carbocycles. The summed E-state index contributed by atoms with van der Waals surface area (Å²) in [5.41, 5.74) is 1.64.